The molecule has 1 amide bonds. The van der Waals surface area contributed by atoms with Gasteiger partial charge in [-0.25, -0.2) is 15.0 Å². The normalized spacial score (nSPS) is 17.8. The summed E-state index contributed by atoms with van der Waals surface area (Å²) in [7, 11) is 0. The van der Waals surface area contributed by atoms with E-state index >= 15 is 0 Å². The summed E-state index contributed by atoms with van der Waals surface area (Å²) in [5.41, 5.74) is 4.08. The van der Waals surface area contributed by atoms with Gasteiger partial charge in [0.15, 0.2) is 0 Å². The first kappa shape index (κ1) is 15.7. The van der Waals surface area contributed by atoms with Crippen molar-refractivity contribution < 1.29 is 9.53 Å². The molecule has 0 saturated carbocycles. The van der Waals surface area contributed by atoms with Gasteiger partial charge in [0, 0.05) is 17.8 Å². The monoisotopic (exact) mass is 337 g/mol. The number of morpholine rings is 1. The lowest BCUT2D eigenvalue weighted by Crippen LogP contribution is -2.42. The second-order valence-electron chi connectivity index (χ2n) is 6.23. The predicted molar refractivity (Wildman–Crippen MR) is 92.2 cm³/mol. The van der Waals surface area contributed by atoms with Gasteiger partial charge in [-0.1, -0.05) is 0 Å². The molecule has 3 heterocycles. The van der Waals surface area contributed by atoms with Crippen molar-refractivity contribution in [3.63, 3.8) is 0 Å². The SMILES string of the molecule is Cc1cc(C2CN(C(=O)c3ccc4nc[nH]c4c3)CCO2)nc(C)n1. The minimum atomic E-state index is -0.228. The van der Waals surface area contributed by atoms with Crippen LogP contribution in [0.1, 0.15) is 33.7 Å². The van der Waals surface area contributed by atoms with Crippen molar-refractivity contribution in [2.24, 2.45) is 0 Å². The molecule has 1 N–H and O–H groups in total. The molecule has 1 saturated heterocycles. The molecule has 7 heteroatoms. The van der Waals surface area contributed by atoms with Gasteiger partial charge >= 0.3 is 0 Å². The Hall–Kier alpha value is -2.80. The zero-order valence-corrected chi connectivity index (χ0v) is 14.2. The number of amides is 1. The number of ether oxygens (including phenoxy) is 1. The molecule has 4 rings (SSSR count). The first-order valence-electron chi connectivity index (χ1n) is 8.26. The van der Waals surface area contributed by atoms with E-state index in [0.29, 0.717) is 31.1 Å². The summed E-state index contributed by atoms with van der Waals surface area (Å²) in [5.74, 6) is 0.707. The quantitative estimate of drug-likeness (QED) is 0.775. The van der Waals surface area contributed by atoms with Crippen molar-refractivity contribution in [2.75, 3.05) is 19.7 Å². The van der Waals surface area contributed by atoms with Gasteiger partial charge in [-0.15, -0.1) is 0 Å². The molecule has 1 aliphatic rings. The fraction of sp³-hybridized carbons (Fsp3) is 0.333. The van der Waals surface area contributed by atoms with Gasteiger partial charge in [0.2, 0.25) is 0 Å². The molecular formula is C18H19N5O2. The number of aryl methyl sites for hydroxylation is 2. The van der Waals surface area contributed by atoms with Crippen LogP contribution < -0.4 is 0 Å². The molecule has 0 bridgehead atoms. The largest absolute Gasteiger partial charge is 0.368 e. The summed E-state index contributed by atoms with van der Waals surface area (Å²) >= 11 is 0. The fourth-order valence-corrected chi connectivity index (χ4v) is 3.17. The smallest absolute Gasteiger partial charge is 0.254 e. The van der Waals surface area contributed by atoms with Crippen LogP contribution in [0.25, 0.3) is 11.0 Å². The molecule has 0 aliphatic carbocycles. The number of aromatic amines is 1. The van der Waals surface area contributed by atoms with E-state index in [4.69, 9.17) is 4.74 Å². The number of nitrogens with zero attached hydrogens (tertiary/aromatic N) is 4. The van der Waals surface area contributed by atoms with Gasteiger partial charge in [0.05, 0.1) is 36.2 Å². The summed E-state index contributed by atoms with van der Waals surface area (Å²) in [5, 5.41) is 0. The number of aromatic nitrogens is 4. The van der Waals surface area contributed by atoms with Crippen LogP contribution >= 0.6 is 0 Å². The van der Waals surface area contributed by atoms with Gasteiger partial charge in [0.25, 0.3) is 5.91 Å². The van der Waals surface area contributed by atoms with E-state index in [9.17, 15) is 4.79 Å². The molecule has 25 heavy (non-hydrogen) atoms. The zero-order chi connectivity index (χ0) is 17.4. The van der Waals surface area contributed by atoms with Crippen molar-refractivity contribution in [1.29, 1.82) is 0 Å². The maximum atomic E-state index is 12.9. The summed E-state index contributed by atoms with van der Waals surface area (Å²) in [6.45, 7) is 5.34. The number of hydrogen-bond donors (Lipinski definition) is 1. The molecule has 1 fully saturated rings. The highest BCUT2D eigenvalue weighted by molar-refractivity contribution is 5.97. The lowest BCUT2D eigenvalue weighted by Gasteiger charge is -2.33. The molecule has 7 nitrogen and oxygen atoms in total. The molecule has 2 aromatic heterocycles. The standard InChI is InChI=1S/C18H19N5O2/c1-11-7-16(22-12(2)21-11)17-9-23(5-6-25-17)18(24)13-3-4-14-15(8-13)20-10-19-14/h3-4,7-8,10,17H,5-6,9H2,1-2H3,(H,19,20). The maximum Gasteiger partial charge on any atom is 0.254 e. The van der Waals surface area contributed by atoms with E-state index in [0.717, 1.165) is 22.4 Å². The first-order chi connectivity index (χ1) is 12.1. The third-order valence-corrected chi connectivity index (χ3v) is 4.34. The molecule has 1 atom stereocenters. The van der Waals surface area contributed by atoms with E-state index in [-0.39, 0.29) is 12.0 Å². The third-order valence-electron chi connectivity index (χ3n) is 4.34. The molecule has 0 radical (unpaired) electrons. The molecule has 0 spiro atoms. The number of hydrogen-bond acceptors (Lipinski definition) is 5. The third kappa shape index (κ3) is 3.10. The first-order valence-corrected chi connectivity index (χ1v) is 8.26. The summed E-state index contributed by atoms with van der Waals surface area (Å²) in [6, 6.07) is 7.43. The van der Waals surface area contributed by atoms with Crippen LogP contribution in [0, 0.1) is 13.8 Å². The molecular weight excluding hydrogens is 318 g/mol. The van der Waals surface area contributed by atoms with Crippen molar-refractivity contribution in [3.8, 4) is 0 Å². The number of H-pyrrole nitrogens is 1. The van der Waals surface area contributed by atoms with Crippen LogP contribution in [0.2, 0.25) is 0 Å². The van der Waals surface area contributed by atoms with Crippen LogP contribution in [0.5, 0.6) is 0 Å². The van der Waals surface area contributed by atoms with Crippen LogP contribution in [-0.2, 0) is 4.74 Å². The van der Waals surface area contributed by atoms with Gasteiger partial charge in [-0.2, -0.15) is 0 Å². The number of fused-ring (bicyclic) bond motifs is 1. The number of nitrogens with one attached hydrogen (secondary N) is 1. The van der Waals surface area contributed by atoms with Crippen molar-refractivity contribution in [1.82, 2.24) is 24.8 Å². The van der Waals surface area contributed by atoms with E-state index < -0.39 is 0 Å². The van der Waals surface area contributed by atoms with E-state index in [1.807, 2.05) is 43.0 Å². The average molecular weight is 337 g/mol. The Labute approximate surface area is 145 Å². The molecule has 1 aliphatic heterocycles. The highest BCUT2D eigenvalue weighted by Gasteiger charge is 2.27. The lowest BCUT2D eigenvalue weighted by molar-refractivity contribution is -0.0248. The van der Waals surface area contributed by atoms with Crippen LogP contribution in [0.4, 0.5) is 0 Å². The van der Waals surface area contributed by atoms with Gasteiger partial charge in [-0.05, 0) is 38.1 Å². The summed E-state index contributed by atoms with van der Waals surface area (Å²) < 4.78 is 5.85. The van der Waals surface area contributed by atoms with Gasteiger partial charge in [0.1, 0.15) is 11.9 Å². The van der Waals surface area contributed by atoms with Crippen molar-refractivity contribution in [3.05, 3.63) is 53.4 Å². The fourth-order valence-electron chi connectivity index (χ4n) is 3.17. The second-order valence-corrected chi connectivity index (χ2v) is 6.23. The summed E-state index contributed by atoms with van der Waals surface area (Å²) in [6.07, 6.45) is 1.40. The number of carbonyl (C=O) groups is 1. The Kier molecular flexibility index (Phi) is 3.93. The zero-order valence-electron chi connectivity index (χ0n) is 14.2. The molecule has 1 unspecified atom stereocenters. The minimum absolute atomic E-state index is 0.00713. The topological polar surface area (TPSA) is 84.0 Å². The van der Waals surface area contributed by atoms with Gasteiger partial charge < -0.3 is 14.6 Å². The van der Waals surface area contributed by atoms with E-state index in [1.165, 1.54) is 0 Å². The Bertz CT molecular complexity index is 916. The van der Waals surface area contributed by atoms with Crippen LogP contribution in [0.3, 0.4) is 0 Å². The number of benzene rings is 1. The number of imidazole rings is 1. The van der Waals surface area contributed by atoms with Crippen LogP contribution in [0.15, 0.2) is 30.6 Å². The highest BCUT2D eigenvalue weighted by Crippen LogP contribution is 2.23. The second kappa shape index (κ2) is 6.25. The molecule has 3 aromatic rings. The van der Waals surface area contributed by atoms with Crippen LogP contribution in [-0.4, -0.2) is 50.4 Å². The Balaban J connectivity index is 1.56. The number of rotatable bonds is 2. The number of carbonyl (C=O) groups excluding carboxylic acids is 1. The predicted octanol–water partition coefficient (Wildman–Crippen LogP) is 2.18. The van der Waals surface area contributed by atoms with Gasteiger partial charge in [-0.3, -0.25) is 4.79 Å². The Morgan fingerprint density at radius 3 is 3.00 bits per heavy atom. The lowest BCUT2D eigenvalue weighted by atomic mass is 10.1. The minimum Gasteiger partial charge on any atom is -0.368 e. The van der Waals surface area contributed by atoms with Crippen molar-refractivity contribution in [2.45, 2.75) is 20.0 Å². The maximum absolute atomic E-state index is 12.9. The van der Waals surface area contributed by atoms with E-state index in [2.05, 4.69) is 19.9 Å². The Morgan fingerprint density at radius 1 is 1.28 bits per heavy atom. The average Bonchev–Trinajstić information content (AvgIpc) is 3.08. The van der Waals surface area contributed by atoms with Crippen molar-refractivity contribution >= 4 is 16.9 Å². The van der Waals surface area contributed by atoms with E-state index in [1.54, 1.807) is 6.33 Å². The highest BCUT2D eigenvalue weighted by atomic mass is 16.5. The molecule has 1 aromatic carbocycles. The summed E-state index contributed by atoms with van der Waals surface area (Å²) in [4.78, 5) is 30.7. The Morgan fingerprint density at radius 2 is 2.16 bits per heavy atom. The molecule has 128 valence electrons.